The standard InChI is InChI=1S/C25H30N8/c1-5-26-25(29-16-21-10-11-24(28-15-21)32-13-12-27-20(32)4)30-17-22-8-6-7-9-23(22)33-19(3)14-18(2)31-33/h6-15H,5,16-17H2,1-4H3,(H2,26,29,30). The number of benzene rings is 1. The van der Waals surface area contributed by atoms with Crippen molar-refractivity contribution in [3.8, 4) is 11.5 Å². The molecule has 4 rings (SSSR count). The molecule has 0 fully saturated rings. The second-order valence-electron chi connectivity index (χ2n) is 7.89. The molecular weight excluding hydrogens is 412 g/mol. The second kappa shape index (κ2) is 10.1. The van der Waals surface area contributed by atoms with E-state index >= 15 is 0 Å². The Morgan fingerprint density at radius 1 is 1.03 bits per heavy atom. The Morgan fingerprint density at radius 3 is 2.55 bits per heavy atom. The van der Waals surface area contributed by atoms with Crippen molar-refractivity contribution < 1.29 is 0 Å². The average molecular weight is 443 g/mol. The largest absolute Gasteiger partial charge is 0.357 e. The third-order valence-electron chi connectivity index (χ3n) is 5.32. The van der Waals surface area contributed by atoms with Gasteiger partial charge in [-0.2, -0.15) is 5.10 Å². The van der Waals surface area contributed by atoms with Crippen LogP contribution in [0.2, 0.25) is 0 Å². The zero-order valence-electron chi connectivity index (χ0n) is 19.6. The lowest BCUT2D eigenvalue weighted by atomic mass is 10.1. The predicted molar refractivity (Wildman–Crippen MR) is 131 cm³/mol. The first kappa shape index (κ1) is 22.3. The first-order valence-electron chi connectivity index (χ1n) is 11.1. The van der Waals surface area contributed by atoms with Gasteiger partial charge in [-0.1, -0.05) is 24.3 Å². The molecule has 8 nitrogen and oxygen atoms in total. The molecule has 0 bridgehead atoms. The van der Waals surface area contributed by atoms with E-state index in [0.717, 1.165) is 52.3 Å². The van der Waals surface area contributed by atoms with Gasteiger partial charge in [-0.15, -0.1) is 0 Å². The predicted octanol–water partition coefficient (Wildman–Crippen LogP) is 3.63. The Kier molecular flexibility index (Phi) is 6.83. The van der Waals surface area contributed by atoms with Gasteiger partial charge < -0.3 is 10.6 Å². The molecule has 0 spiro atoms. The minimum atomic E-state index is 0.532. The van der Waals surface area contributed by atoms with Crippen molar-refractivity contribution in [2.75, 3.05) is 6.54 Å². The van der Waals surface area contributed by atoms with E-state index in [0.29, 0.717) is 13.1 Å². The molecule has 0 saturated heterocycles. The summed E-state index contributed by atoms with van der Waals surface area (Å²) in [5.74, 6) is 2.52. The van der Waals surface area contributed by atoms with Crippen molar-refractivity contribution in [3.05, 3.63) is 89.4 Å². The average Bonchev–Trinajstić information content (AvgIpc) is 3.40. The maximum Gasteiger partial charge on any atom is 0.191 e. The first-order chi connectivity index (χ1) is 16.0. The van der Waals surface area contributed by atoms with Crippen LogP contribution < -0.4 is 10.6 Å². The highest BCUT2D eigenvalue weighted by atomic mass is 15.3. The summed E-state index contributed by atoms with van der Waals surface area (Å²) in [5.41, 5.74) is 5.38. The normalized spacial score (nSPS) is 11.6. The van der Waals surface area contributed by atoms with Gasteiger partial charge in [0.15, 0.2) is 5.96 Å². The van der Waals surface area contributed by atoms with Gasteiger partial charge in [0.05, 0.1) is 17.9 Å². The molecule has 2 N–H and O–H groups in total. The number of para-hydroxylation sites is 1. The monoisotopic (exact) mass is 442 g/mol. The summed E-state index contributed by atoms with van der Waals surface area (Å²) in [5, 5.41) is 11.4. The van der Waals surface area contributed by atoms with Crippen molar-refractivity contribution in [1.82, 2.24) is 34.9 Å². The minimum Gasteiger partial charge on any atom is -0.357 e. The highest BCUT2D eigenvalue weighted by Gasteiger charge is 2.09. The van der Waals surface area contributed by atoms with Gasteiger partial charge >= 0.3 is 0 Å². The lowest BCUT2D eigenvalue weighted by Gasteiger charge is -2.15. The van der Waals surface area contributed by atoms with Gasteiger partial charge in [-0.3, -0.25) is 4.57 Å². The highest BCUT2D eigenvalue weighted by Crippen LogP contribution is 2.17. The number of hydrogen-bond donors (Lipinski definition) is 2. The van der Waals surface area contributed by atoms with Gasteiger partial charge in [0, 0.05) is 37.4 Å². The van der Waals surface area contributed by atoms with Crippen molar-refractivity contribution >= 4 is 5.96 Å². The van der Waals surface area contributed by atoms with E-state index in [1.54, 1.807) is 6.20 Å². The number of pyridine rings is 1. The number of rotatable bonds is 7. The molecule has 0 aliphatic heterocycles. The number of aromatic nitrogens is 5. The van der Waals surface area contributed by atoms with Crippen LogP contribution in [0.15, 0.2) is 66.0 Å². The van der Waals surface area contributed by atoms with E-state index in [1.807, 2.05) is 59.8 Å². The minimum absolute atomic E-state index is 0.532. The summed E-state index contributed by atoms with van der Waals surface area (Å²) in [4.78, 5) is 13.6. The van der Waals surface area contributed by atoms with Crippen molar-refractivity contribution in [2.45, 2.75) is 40.8 Å². The molecule has 33 heavy (non-hydrogen) atoms. The Balaban J connectivity index is 1.46. The number of guanidine groups is 1. The van der Waals surface area contributed by atoms with Gasteiger partial charge in [0.1, 0.15) is 11.6 Å². The molecule has 0 aliphatic carbocycles. The number of nitrogens with zero attached hydrogens (tertiary/aromatic N) is 6. The molecule has 1 aromatic carbocycles. The van der Waals surface area contributed by atoms with E-state index in [9.17, 15) is 0 Å². The van der Waals surface area contributed by atoms with Crippen LogP contribution in [0, 0.1) is 20.8 Å². The van der Waals surface area contributed by atoms with Crippen LogP contribution in [0.25, 0.3) is 11.5 Å². The molecule has 170 valence electrons. The fraction of sp³-hybridized carbons (Fsp3) is 0.280. The fourth-order valence-electron chi connectivity index (χ4n) is 3.70. The van der Waals surface area contributed by atoms with Crippen LogP contribution in [0.4, 0.5) is 0 Å². The molecular formula is C25H30N8. The third-order valence-corrected chi connectivity index (χ3v) is 5.32. The molecule has 0 unspecified atom stereocenters. The number of aryl methyl sites for hydroxylation is 3. The smallest absolute Gasteiger partial charge is 0.191 e. The van der Waals surface area contributed by atoms with Crippen molar-refractivity contribution in [2.24, 2.45) is 4.99 Å². The van der Waals surface area contributed by atoms with Gasteiger partial charge in [0.2, 0.25) is 0 Å². The number of aliphatic imine (C=N–C) groups is 1. The van der Waals surface area contributed by atoms with E-state index < -0.39 is 0 Å². The van der Waals surface area contributed by atoms with Gasteiger partial charge in [-0.05, 0) is 57.0 Å². The van der Waals surface area contributed by atoms with E-state index in [-0.39, 0.29) is 0 Å². The zero-order chi connectivity index (χ0) is 23.2. The summed E-state index contributed by atoms with van der Waals surface area (Å²) in [6.45, 7) is 10.1. The number of imidazole rings is 1. The van der Waals surface area contributed by atoms with Gasteiger partial charge in [0.25, 0.3) is 0 Å². The Hall–Kier alpha value is -3.94. The highest BCUT2D eigenvalue weighted by molar-refractivity contribution is 5.79. The van der Waals surface area contributed by atoms with Gasteiger partial charge in [-0.25, -0.2) is 19.6 Å². The maximum absolute atomic E-state index is 4.75. The van der Waals surface area contributed by atoms with Crippen LogP contribution in [-0.4, -0.2) is 36.8 Å². The van der Waals surface area contributed by atoms with E-state index in [1.165, 1.54) is 0 Å². The van der Waals surface area contributed by atoms with Crippen LogP contribution in [0.1, 0.15) is 35.3 Å². The number of nitrogens with one attached hydrogen (secondary N) is 2. The molecule has 0 aliphatic rings. The summed E-state index contributed by atoms with van der Waals surface area (Å²) in [7, 11) is 0. The summed E-state index contributed by atoms with van der Waals surface area (Å²) in [6.07, 6.45) is 5.54. The molecule has 0 amide bonds. The Labute approximate surface area is 194 Å². The lowest BCUT2D eigenvalue weighted by Crippen LogP contribution is -2.37. The summed E-state index contributed by atoms with van der Waals surface area (Å²) >= 11 is 0. The zero-order valence-corrected chi connectivity index (χ0v) is 19.6. The molecule has 4 aromatic rings. The van der Waals surface area contributed by atoms with E-state index in [4.69, 9.17) is 4.99 Å². The van der Waals surface area contributed by atoms with E-state index in [2.05, 4.69) is 57.7 Å². The van der Waals surface area contributed by atoms with Crippen LogP contribution >= 0.6 is 0 Å². The molecule has 3 aromatic heterocycles. The number of hydrogen-bond acceptors (Lipinski definition) is 4. The quantitative estimate of drug-likeness (QED) is 0.337. The Morgan fingerprint density at radius 2 is 1.88 bits per heavy atom. The van der Waals surface area contributed by atoms with Crippen molar-refractivity contribution in [3.63, 3.8) is 0 Å². The second-order valence-corrected chi connectivity index (χ2v) is 7.89. The first-order valence-corrected chi connectivity index (χ1v) is 11.1. The molecule has 3 heterocycles. The summed E-state index contributed by atoms with van der Waals surface area (Å²) in [6, 6.07) is 14.4. The Bertz CT molecular complexity index is 1230. The summed E-state index contributed by atoms with van der Waals surface area (Å²) < 4.78 is 3.95. The lowest BCUT2D eigenvalue weighted by molar-refractivity contribution is 0.783. The molecule has 8 heteroatoms. The molecule has 0 atom stereocenters. The SMILES string of the molecule is CCNC(=NCc1ccc(-n2ccnc2C)nc1)NCc1ccccc1-n1nc(C)cc1C. The fourth-order valence-corrected chi connectivity index (χ4v) is 3.70. The maximum atomic E-state index is 4.75. The molecule has 0 radical (unpaired) electrons. The van der Waals surface area contributed by atoms with Crippen LogP contribution in [-0.2, 0) is 13.1 Å². The topological polar surface area (TPSA) is 85.0 Å². The van der Waals surface area contributed by atoms with Crippen LogP contribution in [0.3, 0.4) is 0 Å². The molecule has 0 saturated carbocycles. The van der Waals surface area contributed by atoms with Crippen molar-refractivity contribution in [1.29, 1.82) is 0 Å². The third kappa shape index (κ3) is 5.28. The van der Waals surface area contributed by atoms with Crippen LogP contribution in [0.5, 0.6) is 0 Å².